The first-order chi connectivity index (χ1) is 13.8. The third kappa shape index (κ3) is 3.25. The van der Waals surface area contributed by atoms with Gasteiger partial charge in [-0.15, -0.1) is 0 Å². The van der Waals surface area contributed by atoms with Gasteiger partial charge in [0.05, 0.1) is 24.8 Å². The molecule has 2 aliphatic rings. The van der Waals surface area contributed by atoms with Crippen LogP contribution in [0.3, 0.4) is 0 Å². The second-order valence-corrected chi connectivity index (χ2v) is 7.60. The first-order valence-corrected chi connectivity index (χ1v) is 10.1. The molecule has 2 aromatic heterocycles. The van der Waals surface area contributed by atoms with E-state index < -0.39 is 0 Å². The van der Waals surface area contributed by atoms with Gasteiger partial charge in [-0.1, -0.05) is 18.9 Å². The average molecular weight is 379 g/mol. The Morgan fingerprint density at radius 3 is 2.75 bits per heavy atom. The van der Waals surface area contributed by atoms with Crippen LogP contribution in [0.4, 0.5) is 5.82 Å². The second-order valence-electron chi connectivity index (χ2n) is 7.60. The van der Waals surface area contributed by atoms with E-state index in [1.54, 1.807) is 0 Å². The van der Waals surface area contributed by atoms with Crippen LogP contribution in [-0.2, 0) is 13.6 Å². The summed E-state index contributed by atoms with van der Waals surface area (Å²) in [6, 6.07) is 6.11. The van der Waals surface area contributed by atoms with Crippen molar-refractivity contribution in [2.24, 2.45) is 7.05 Å². The Balaban J connectivity index is 1.42. The molecule has 0 saturated heterocycles. The van der Waals surface area contributed by atoms with Crippen LogP contribution >= 0.6 is 0 Å². The molecular formula is C21H25N5O2. The largest absolute Gasteiger partial charge is 0.490 e. The van der Waals surface area contributed by atoms with Gasteiger partial charge in [-0.05, 0) is 30.5 Å². The van der Waals surface area contributed by atoms with Crippen molar-refractivity contribution in [3.8, 4) is 11.5 Å². The lowest BCUT2D eigenvalue weighted by atomic mass is 10.1. The molecule has 7 heteroatoms. The minimum absolute atomic E-state index is 0.456. The van der Waals surface area contributed by atoms with Crippen molar-refractivity contribution in [1.82, 2.24) is 19.7 Å². The number of hydrogen-bond donors (Lipinski definition) is 1. The highest BCUT2D eigenvalue weighted by Crippen LogP contribution is 2.34. The number of nitrogens with one attached hydrogen (secondary N) is 1. The van der Waals surface area contributed by atoms with Crippen molar-refractivity contribution in [3.63, 3.8) is 0 Å². The fourth-order valence-corrected chi connectivity index (χ4v) is 4.04. The summed E-state index contributed by atoms with van der Waals surface area (Å²) in [4.78, 5) is 9.70. The molecule has 0 unspecified atom stereocenters. The predicted octanol–water partition coefficient (Wildman–Crippen LogP) is 3.79. The van der Waals surface area contributed by atoms with Crippen LogP contribution in [0, 0.1) is 0 Å². The maximum absolute atomic E-state index is 5.81. The Kier molecular flexibility index (Phi) is 4.50. The number of aromatic nitrogens is 4. The molecule has 146 valence electrons. The summed E-state index contributed by atoms with van der Waals surface area (Å²) >= 11 is 0. The van der Waals surface area contributed by atoms with Gasteiger partial charge < -0.3 is 14.8 Å². The van der Waals surface area contributed by atoms with Gasteiger partial charge in [-0.25, -0.2) is 9.97 Å². The molecule has 0 bridgehead atoms. The van der Waals surface area contributed by atoms with E-state index in [1.165, 1.54) is 25.7 Å². The Morgan fingerprint density at radius 2 is 1.89 bits per heavy atom. The van der Waals surface area contributed by atoms with E-state index in [0.29, 0.717) is 25.7 Å². The van der Waals surface area contributed by atoms with Gasteiger partial charge in [0.15, 0.2) is 17.1 Å². The van der Waals surface area contributed by atoms with E-state index in [4.69, 9.17) is 19.4 Å². The number of hydrogen-bond acceptors (Lipinski definition) is 6. The lowest BCUT2D eigenvalue weighted by Crippen LogP contribution is -2.08. The zero-order valence-electron chi connectivity index (χ0n) is 16.1. The molecule has 7 nitrogen and oxygen atoms in total. The number of benzene rings is 1. The molecule has 3 aromatic rings. The Labute approximate surface area is 164 Å². The standard InChI is InChI=1S/C21H25N5O2/c1-26-21-16(13-23-26)20(24-19(25-21)15-5-2-3-6-15)22-12-14-7-8-17-18(11-14)28-10-4-9-27-17/h7-8,11,13,15H,2-6,9-10,12H2,1H3,(H,22,24,25). The number of fused-ring (bicyclic) bond motifs is 2. The van der Waals surface area contributed by atoms with E-state index >= 15 is 0 Å². The summed E-state index contributed by atoms with van der Waals surface area (Å²) in [6.07, 6.45) is 7.61. The zero-order valence-corrected chi connectivity index (χ0v) is 16.1. The second kappa shape index (κ2) is 7.30. The van der Waals surface area contributed by atoms with E-state index in [-0.39, 0.29) is 0 Å². The smallest absolute Gasteiger partial charge is 0.163 e. The Bertz CT molecular complexity index is 994. The average Bonchev–Trinajstić information content (AvgIpc) is 3.31. The summed E-state index contributed by atoms with van der Waals surface area (Å²) < 4.78 is 13.4. The van der Waals surface area contributed by atoms with Gasteiger partial charge >= 0.3 is 0 Å². The quantitative estimate of drug-likeness (QED) is 0.743. The minimum atomic E-state index is 0.456. The molecular weight excluding hydrogens is 354 g/mol. The zero-order chi connectivity index (χ0) is 18.9. The molecule has 0 amide bonds. The van der Waals surface area contributed by atoms with Crippen LogP contribution in [0.2, 0.25) is 0 Å². The highest BCUT2D eigenvalue weighted by molar-refractivity contribution is 5.86. The van der Waals surface area contributed by atoms with Crippen LogP contribution in [0.1, 0.15) is 49.4 Å². The first-order valence-electron chi connectivity index (χ1n) is 10.1. The molecule has 1 saturated carbocycles. The van der Waals surface area contributed by atoms with Crippen LogP contribution in [-0.4, -0.2) is 33.0 Å². The lowest BCUT2D eigenvalue weighted by molar-refractivity contribution is 0.297. The molecule has 0 atom stereocenters. The van der Waals surface area contributed by atoms with Crippen molar-refractivity contribution < 1.29 is 9.47 Å². The molecule has 1 aliphatic heterocycles. The minimum Gasteiger partial charge on any atom is -0.490 e. The molecule has 5 rings (SSSR count). The maximum Gasteiger partial charge on any atom is 0.163 e. The summed E-state index contributed by atoms with van der Waals surface area (Å²) in [6.45, 7) is 2.05. The Hall–Kier alpha value is -2.83. The maximum atomic E-state index is 5.81. The van der Waals surface area contributed by atoms with Crippen LogP contribution < -0.4 is 14.8 Å². The first kappa shape index (κ1) is 17.3. The molecule has 1 N–H and O–H groups in total. The number of ether oxygens (including phenoxy) is 2. The summed E-state index contributed by atoms with van der Waals surface area (Å²) in [5.74, 6) is 3.89. The third-order valence-electron chi connectivity index (χ3n) is 5.60. The normalized spacial score (nSPS) is 17.0. The fraction of sp³-hybridized carbons (Fsp3) is 0.476. The Morgan fingerprint density at radius 1 is 1.07 bits per heavy atom. The van der Waals surface area contributed by atoms with Crippen molar-refractivity contribution >= 4 is 16.9 Å². The van der Waals surface area contributed by atoms with Gasteiger partial charge in [0.1, 0.15) is 11.6 Å². The third-order valence-corrected chi connectivity index (χ3v) is 5.60. The summed E-state index contributed by atoms with van der Waals surface area (Å²) in [5, 5.41) is 8.84. The molecule has 1 aliphatic carbocycles. The van der Waals surface area contributed by atoms with Gasteiger partial charge in [-0.2, -0.15) is 5.10 Å². The lowest BCUT2D eigenvalue weighted by Gasteiger charge is -2.13. The topological polar surface area (TPSA) is 74.1 Å². The van der Waals surface area contributed by atoms with Crippen LogP contribution in [0.25, 0.3) is 11.0 Å². The van der Waals surface area contributed by atoms with Crippen LogP contribution in [0.15, 0.2) is 24.4 Å². The molecule has 1 aromatic carbocycles. The molecule has 0 radical (unpaired) electrons. The number of anilines is 1. The van der Waals surface area contributed by atoms with E-state index in [9.17, 15) is 0 Å². The molecule has 0 spiro atoms. The van der Waals surface area contributed by atoms with Crippen molar-refractivity contribution in [3.05, 3.63) is 35.8 Å². The highest BCUT2D eigenvalue weighted by atomic mass is 16.5. The van der Waals surface area contributed by atoms with Crippen molar-refractivity contribution in [2.45, 2.75) is 44.6 Å². The number of aryl methyl sites for hydroxylation is 1. The van der Waals surface area contributed by atoms with Gasteiger partial charge in [0.25, 0.3) is 0 Å². The number of nitrogens with zero attached hydrogens (tertiary/aromatic N) is 4. The van der Waals surface area contributed by atoms with Crippen LogP contribution in [0.5, 0.6) is 11.5 Å². The summed E-state index contributed by atoms with van der Waals surface area (Å²) in [7, 11) is 1.93. The monoisotopic (exact) mass is 379 g/mol. The van der Waals surface area contributed by atoms with Gasteiger partial charge in [0, 0.05) is 25.9 Å². The summed E-state index contributed by atoms with van der Waals surface area (Å²) in [5.41, 5.74) is 2.01. The number of rotatable bonds is 4. The fourth-order valence-electron chi connectivity index (χ4n) is 4.04. The highest BCUT2D eigenvalue weighted by Gasteiger charge is 2.22. The van der Waals surface area contributed by atoms with Gasteiger partial charge in [0.2, 0.25) is 0 Å². The van der Waals surface area contributed by atoms with E-state index in [0.717, 1.165) is 46.2 Å². The van der Waals surface area contributed by atoms with Crippen molar-refractivity contribution in [2.75, 3.05) is 18.5 Å². The SMILES string of the molecule is Cn1ncc2c(NCc3ccc4c(c3)OCCCO4)nc(C3CCCC3)nc21. The molecule has 1 fully saturated rings. The predicted molar refractivity (Wildman–Crippen MR) is 107 cm³/mol. The van der Waals surface area contributed by atoms with E-state index in [1.807, 2.05) is 30.1 Å². The van der Waals surface area contributed by atoms with E-state index in [2.05, 4.69) is 16.5 Å². The van der Waals surface area contributed by atoms with Crippen molar-refractivity contribution in [1.29, 1.82) is 0 Å². The molecule has 3 heterocycles. The van der Waals surface area contributed by atoms with Gasteiger partial charge in [-0.3, -0.25) is 4.68 Å². The molecule has 28 heavy (non-hydrogen) atoms.